The average molecular weight is 420 g/mol. The highest BCUT2D eigenvalue weighted by Gasteiger charge is 2.31. The Kier molecular flexibility index (Phi) is 4.33. The van der Waals surface area contributed by atoms with E-state index >= 15 is 0 Å². The molecule has 2 heterocycles. The molecule has 5 aromatic rings. The van der Waals surface area contributed by atoms with Crippen molar-refractivity contribution in [3.05, 3.63) is 83.2 Å². The van der Waals surface area contributed by atoms with Gasteiger partial charge in [0.25, 0.3) is 0 Å². The number of hydrogen-bond donors (Lipinski definition) is 0. The Hall–Kier alpha value is -3.25. The fourth-order valence-corrected chi connectivity index (χ4v) is 4.46. The topological polar surface area (TPSA) is 25.8 Å². The van der Waals surface area contributed by atoms with Crippen molar-refractivity contribution >= 4 is 32.9 Å². The molecule has 3 aromatic carbocycles. The van der Waals surface area contributed by atoms with Gasteiger partial charge >= 0.3 is 6.18 Å². The van der Waals surface area contributed by atoms with Crippen LogP contribution in [0, 0.1) is 6.92 Å². The summed E-state index contributed by atoms with van der Waals surface area (Å²) in [4.78, 5) is 0.999. The molecule has 0 unspecified atom stereocenters. The van der Waals surface area contributed by atoms with Gasteiger partial charge in [0.15, 0.2) is 0 Å². The van der Waals surface area contributed by atoms with E-state index in [9.17, 15) is 13.2 Å². The third-order valence-electron chi connectivity index (χ3n) is 5.21. The normalized spacial score (nSPS) is 12.0. The zero-order chi connectivity index (χ0) is 20.9. The first-order valence-electron chi connectivity index (χ1n) is 9.33. The quantitative estimate of drug-likeness (QED) is 0.276. The Morgan fingerprint density at radius 1 is 0.767 bits per heavy atom. The van der Waals surface area contributed by atoms with Crippen LogP contribution in [0.15, 0.2) is 72.1 Å². The van der Waals surface area contributed by atoms with E-state index in [1.807, 2.05) is 47.8 Å². The summed E-state index contributed by atoms with van der Waals surface area (Å²) in [6.07, 6.45) is -4.38. The van der Waals surface area contributed by atoms with Crippen LogP contribution in [0.5, 0.6) is 0 Å². The van der Waals surface area contributed by atoms with E-state index in [0.717, 1.165) is 44.2 Å². The van der Waals surface area contributed by atoms with Gasteiger partial charge in [-0.05, 0) is 59.0 Å². The van der Waals surface area contributed by atoms with Gasteiger partial charge in [-0.25, -0.2) is 0 Å². The minimum Gasteiger partial charge on any atom is -0.166 e. The largest absolute Gasteiger partial charge is 0.416 e. The third kappa shape index (κ3) is 3.13. The lowest BCUT2D eigenvalue weighted by molar-refractivity contribution is -0.137. The van der Waals surface area contributed by atoms with Gasteiger partial charge < -0.3 is 0 Å². The molecule has 148 valence electrons. The molecule has 0 aliphatic rings. The molecule has 0 saturated heterocycles. The lowest BCUT2D eigenvalue weighted by Crippen LogP contribution is -2.05. The summed E-state index contributed by atoms with van der Waals surface area (Å²) in [6, 6.07) is 19.8. The maximum absolute atomic E-state index is 13.1. The fraction of sp³-hybridized carbons (Fsp3) is 0.0833. The first-order valence-corrected chi connectivity index (χ1v) is 10.2. The van der Waals surface area contributed by atoms with E-state index in [2.05, 4.69) is 16.3 Å². The summed E-state index contributed by atoms with van der Waals surface area (Å²) in [6.45, 7) is 1.67. The summed E-state index contributed by atoms with van der Waals surface area (Å²) in [5.41, 5.74) is 1.86. The predicted octanol–water partition coefficient (Wildman–Crippen LogP) is 7.51. The molecule has 5 rings (SSSR count). The molecule has 2 nitrogen and oxygen atoms in total. The molecule has 0 fully saturated rings. The number of aromatic nitrogens is 2. The van der Waals surface area contributed by atoms with Crippen LogP contribution in [-0.4, -0.2) is 10.2 Å². The van der Waals surface area contributed by atoms with Crippen LogP contribution in [0.3, 0.4) is 0 Å². The van der Waals surface area contributed by atoms with E-state index in [-0.39, 0.29) is 0 Å². The van der Waals surface area contributed by atoms with Crippen LogP contribution in [0.2, 0.25) is 0 Å². The third-order valence-corrected chi connectivity index (χ3v) is 6.09. The van der Waals surface area contributed by atoms with Gasteiger partial charge in [-0.2, -0.15) is 13.2 Å². The van der Waals surface area contributed by atoms with E-state index < -0.39 is 11.7 Å². The number of benzene rings is 3. The monoisotopic (exact) mass is 420 g/mol. The summed E-state index contributed by atoms with van der Waals surface area (Å²) < 4.78 is 39.3. The van der Waals surface area contributed by atoms with Crippen LogP contribution in [-0.2, 0) is 6.18 Å². The summed E-state index contributed by atoms with van der Waals surface area (Å²) >= 11 is 1.58. The van der Waals surface area contributed by atoms with E-state index in [1.165, 1.54) is 6.07 Å². The van der Waals surface area contributed by atoms with Crippen molar-refractivity contribution in [1.29, 1.82) is 0 Å². The van der Waals surface area contributed by atoms with Gasteiger partial charge in [0.2, 0.25) is 0 Å². The summed E-state index contributed by atoms with van der Waals surface area (Å²) in [5, 5.41) is 14.9. The second kappa shape index (κ2) is 6.92. The molecule has 0 aliphatic heterocycles. The molecule has 30 heavy (non-hydrogen) atoms. The molecule has 0 atom stereocenters. The average Bonchev–Trinajstić information content (AvgIpc) is 3.25. The van der Waals surface area contributed by atoms with Crippen molar-refractivity contribution in [2.24, 2.45) is 0 Å². The Bertz CT molecular complexity index is 1390. The molecular weight excluding hydrogens is 405 g/mol. The lowest BCUT2D eigenvalue weighted by atomic mass is 9.95. The van der Waals surface area contributed by atoms with Gasteiger partial charge in [0.05, 0.1) is 10.4 Å². The highest BCUT2D eigenvalue weighted by Crippen LogP contribution is 2.38. The molecule has 0 N–H and O–H groups in total. The summed E-state index contributed by atoms with van der Waals surface area (Å²) in [5.74, 6) is 0. The highest BCUT2D eigenvalue weighted by atomic mass is 32.1. The van der Waals surface area contributed by atoms with Crippen molar-refractivity contribution in [1.82, 2.24) is 10.2 Å². The van der Waals surface area contributed by atoms with Gasteiger partial charge in [-0.15, -0.1) is 21.5 Å². The zero-order valence-corrected chi connectivity index (χ0v) is 16.7. The van der Waals surface area contributed by atoms with Crippen molar-refractivity contribution in [3.63, 3.8) is 0 Å². The predicted molar refractivity (Wildman–Crippen MR) is 116 cm³/mol. The number of nitrogens with zero attached hydrogens (tertiary/aromatic N) is 2. The van der Waals surface area contributed by atoms with E-state index in [0.29, 0.717) is 16.8 Å². The maximum Gasteiger partial charge on any atom is 0.416 e. The molecule has 0 aliphatic carbocycles. The number of alkyl halides is 3. The van der Waals surface area contributed by atoms with Crippen LogP contribution in [0.25, 0.3) is 43.4 Å². The molecule has 0 amide bonds. The fourth-order valence-electron chi connectivity index (χ4n) is 3.74. The van der Waals surface area contributed by atoms with Crippen LogP contribution >= 0.6 is 11.3 Å². The van der Waals surface area contributed by atoms with Crippen LogP contribution in [0.4, 0.5) is 13.2 Å². The van der Waals surface area contributed by atoms with Crippen molar-refractivity contribution in [2.75, 3.05) is 0 Å². The van der Waals surface area contributed by atoms with E-state index in [1.54, 1.807) is 18.3 Å². The van der Waals surface area contributed by atoms with E-state index in [4.69, 9.17) is 0 Å². The number of aryl methyl sites for hydroxylation is 1. The Morgan fingerprint density at radius 3 is 2.03 bits per heavy atom. The summed E-state index contributed by atoms with van der Waals surface area (Å²) in [7, 11) is 0. The molecule has 6 heteroatoms. The van der Waals surface area contributed by atoms with Gasteiger partial charge in [-0.1, -0.05) is 36.4 Å². The van der Waals surface area contributed by atoms with Crippen molar-refractivity contribution in [2.45, 2.75) is 13.1 Å². The Balaban J connectivity index is 1.81. The van der Waals surface area contributed by atoms with Crippen molar-refractivity contribution < 1.29 is 13.2 Å². The molecule has 0 bridgehead atoms. The number of rotatable bonds is 2. The molecule has 0 radical (unpaired) electrons. The Morgan fingerprint density at radius 2 is 1.43 bits per heavy atom. The first-order chi connectivity index (χ1) is 14.4. The molecular formula is C24H15F3N2S. The smallest absolute Gasteiger partial charge is 0.166 e. The minimum absolute atomic E-state index is 0.512. The Labute approximate surface area is 174 Å². The van der Waals surface area contributed by atoms with Crippen LogP contribution in [0.1, 0.15) is 11.1 Å². The van der Waals surface area contributed by atoms with Gasteiger partial charge in [-0.3, -0.25) is 0 Å². The zero-order valence-electron chi connectivity index (χ0n) is 15.9. The highest BCUT2D eigenvalue weighted by molar-refractivity contribution is 7.13. The second-order valence-electron chi connectivity index (χ2n) is 7.15. The second-order valence-corrected chi connectivity index (χ2v) is 8.09. The SMILES string of the molecule is Cc1cc(C(F)(F)F)ccc1-c1nnc(-c2cccs2)c2cc3ccccc3cc12. The standard InChI is InChI=1S/C24H15F3N2S/c1-14-11-17(24(25,26)27)8-9-18(14)22-19-12-15-5-2-3-6-16(15)13-20(19)23(29-28-22)21-7-4-10-30-21/h2-13H,1H3. The van der Waals surface area contributed by atoms with Crippen molar-refractivity contribution in [3.8, 4) is 21.8 Å². The lowest BCUT2D eigenvalue weighted by Gasteiger charge is -2.14. The molecule has 0 saturated carbocycles. The minimum atomic E-state index is -4.38. The first kappa shape index (κ1) is 18.8. The van der Waals surface area contributed by atoms with Gasteiger partial charge in [0.1, 0.15) is 11.4 Å². The number of hydrogen-bond acceptors (Lipinski definition) is 3. The number of thiophene rings is 1. The maximum atomic E-state index is 13.1. The number of halogens is 3. The molecule has 2 aromatic heterocycles. The molecule has 0 spiro atoms. The number of fused-ring (bicyclic) bond motifs is 2. The van der Waals surface area contributed by atoms with Gasteiger partial charge in [0, 0.05) is 16.3 Å². The van der Waals surface area contributed by atoms with Crippen LogP contribution < -0.4 is 0 Å².